The summed E-state index contributed by atoms with van der Waals surface area (Å²) in [6, 6.07) is 21.1. The van der Waals surface area contributed by atoms with E-state index in [0.29, 0.717) is 13.1 Å². The van der Waals surface area contributed by atoms with Crippen LogP contribution in [0.5, 0.6) is 5.75 Å². The zero-order chi connectivity index (χ0) is 20.8. The van der Waals surface area contributed by atoms with Gasteiger partial charge in [-0.25, -0.2) is 0 Å². The highest BCUT2D eigenvalue weighted by atomic mass is 16.5. The zero-order valence-corrected chi connectivity index (χ0v) is 16.7. The maximum Gasteiger partial charge on any atom is 0.289 e. The molecule has 2 aromatic carbocycles. The minimum absolute atomic E-state index is 0.0450. The monoisotopic (exact) mass is 404 g/mol. The maximum absolute atomic E-state index is 12.7. The Hall–Kier alpha value is -3.38. The van der Waals surface area contributed by atoms with E-state index in [4.69, 9.17) is 9.15 Å². The molecule has 30 heavy (non-hydrogen) atoms. The van der Waals surface area contributed by atoms with E-state index in [1.165, 1.54) is 17.9 Å². The summed E-state index contributed by atoms with van der Waals surface area (Å²) in [5.41, 5.74) is 1.85. The predicted molar refractivity (Wildman–Crippen MR) is 113 cm³/mol. The quantitative estimate of drug-likeness (QED) is 0.632. The van der Waals surface area contributed by atoms with Gasteiger partial charge in [0.25, 0.3) is 5.91 Å². The molecule has 0 atom stereocenters. The van der Waals surface area contributed by atoms with Crippen LogP contribution >= 0.6 is 0 Å². The second-order valence-electron chi connectivity index (χ2n) is 7.30. The van der Waals surface area contributed by atoms with Crippen molar-refractivity contribution >= 4 is 5.91 Å². The molecule has 6 heteroatoms. The van der Waals surface area contributed by atoms with Gasteiger partial charge < -0.3 is 14.1 Å². The molecule has 1 saturated heterocycles. The van der Waals surface area contributed by atoms with E-state index >= 15 is 0 Å². The van der Waals surface area contributed by atoms with Gasteiger partial charge in [-0.3, -0.25) is 14.5 Å². The highest BCUT2D eigenvalue weighted by molar-refractivity contribution is 5.91. The fourth-order valence-corrected chi connectivity index (χ4v) is 3.46. The molecule has 154 valence electrons. The first-order valence-electron chi connectivity index (χ1n) is 10.0. The summed E-state index contributed by atoms with van der Waals surface area (Å²) >= 11 is 0. The van der Waals surface area contributed by atoms with E-state index in [0.717, 1.165) is 25.2 Å². The molecule has 2 heterocycles. The average molecular weight is 404 g/mol. The molecule has 6 nitrogen and oxygen atoms in total. The molecule has 1 aliphatic rings. The lowest BCUT2D eigenvalue weighted by atomic mass is 10.2. The molecule has 0 unspecified atom stereocenters. The molecule has 0 bridgehead atoms. The minimum Gasteiger partial charge on any atom is -0.482 e. The Morgan fingerprint density at radius 1 is 0.900 bits per heavy atom. The van der Waals surface area contributed by atoms with E-state index in [1.807, 2.05) is 48.5 Å². The number of amides is 1. The van der Waals surface area contributed by atoms with Crippen molar-refractivity contribution in [2.45, 2.75) is 13.2 Å². The summed E-state index contributed by atoms with van der Waals surface area (Å²) in [6.07, 6.45) is 1.23. The van der Waals surface area contributed by atoms with Crippen LogP contribution in [0.15, 0.2) is 82.2 Å². The second kappa shape index (κ2) is 9.41. The number of piperazine rings is 1. The molecule has 0 N–H and O–H groups in total. The van der Waals surface area contributed by atoms with Gasteiger partial charge in [-0.15, -0.1) is 0 Å². The molecular weight excluding hydrogens is 380 g/mol. The van der Waals surface area contributed by atoms with Crippen molar-refractivity contribution in [3.63, 3.8) is 0 Å². The van der Waals surface area contributed by atoms with Crippen LogP contribution in [0.3, 0.4) is 0 Å². The van der Waals surface area contributed by atoms with Crippen LogP contribution in [-0.2, 0) is 13.2 Å². The molecule has 1 aromatic heterocycles. The normalized spacial score (nSPS) is 14.5. The Kier molecular flexibility index (Phi) is 6.25. The van der Waals surface area contributed by atoms with Crippen molar-refractivity contribution in [3.8, 4) is 5.75 Å². The molecular formula is C24H24N2O4. The average Bonchev–Trinajstić information content (AvgIpc) is 2.80. The van der Waals surface area contributed by atoms with E-state index < -0.39 is 0 Å². The van der Waals surface area contributed by atoms with Gasteiger partial charge >= 0.3 is 0 Å². The predicted octanol–water partition coefficient (Wildman–Crippen LogP) is 3.18. The number of ether oxygens (including phenoxy) is 1. The minimum atomic E-state index is -0.358. The standard InChI is InChI=1S/C24H24N2O4/c27-21-15-22(30-18-23(21)29-17-20-9-5-2-6-10-20)24(28)26-13-11-25(12-14-26)16-19-7-3-1-4-8-19/h1-10,15,18H,11-14,16-17H2. The molecule has 0 spiro atoms. The number of nitrogens with zero attached hydrogens (tertiary/aromatic N) is 2. The number of rotatable bonds is 6. The topological polar surface area (TPSA) is 63.0 Å². The van der Waals surface area contributed by atoms with E-state index in [9.17, 15) is 9.59 Å². The van der Waals surface area contributed by atoms with Crippen molar-refractivity contribution in [3.05, 3.63) is 100 Å². The van der Waals surface area contributed by atoms with Gasteiger partial charge in [0, 0.05) is 38.8 Å². The summed E-state index contributed by atoms with van der Waals surface area (Å²) in [6.45, 7) is 3.89. The molecule has 4 rings (SSSR count). The van der Waals surface area contributed by atoms with Crippen LogP contribution in [0.1, 0.15) is 21.7 Å². The van der Waals surface area contributed by atoms with Crippen molar-refractivity contribution < 1.29 is 13.9 Å². The first kappa shape index (κ1) is 19.9. The van der Waals surface area contributed by atoms with Gasteiger partial charge in [-0.2, -0.15) is 0 Å². The van der Waals surface area contributed by atoms with Crippen LogP contribution in [-0.4, -0.2) is 41.9 Å². The number of hydrogen-bond donors (Lipinski definition) is 0. The SMILES string of the molecule is O=C(c1cc(=O)c(OCc2ccccc2)co1)N1CCN(Cc2ccccc2)CC1. The number of carbonyl (C=O) groups excluding carboxylic acids is 1. The van der Waals surface area contributed by atoms with Crippen LogP contribution in [0.4, 0.5) is 0 Å². The van der Waals surface area contributed by atoms with E-state index in [2.05, 4.69) is 17.0 Å². The van der Waals surface area contributed by atoms with Crippen molar-refractivity contribution in [2.75, 3.05) is 26.2 Å². The van der Waals surface area contributed by atoms with Gasteiger partial charge in [0.1, 0.15) is 12.9 Å². The van der Waals surface area contributed by atoms with Crippen LogP contribution in [0.25, 0.3) is 0 Å². The number of benzene rings is 2. The van der Waals surface area contributed by atoms with Gasteiger partial charge in [-0.1, -0.05) is 60.7 Å². The third-order valence-electron chi connectivity index (χ3n) is 5.15. The highest BCUT2D eigenvalue weighted by Crippen LogP contribution is 2.14. The summed E-state index contributed by atoms with van der Waals surface area (Å²) < 4.78 is 11.0. The van der Waals surface area contributed by atoms with Crippen LogP contribution in [0, 0.1) is 0 Å². The Morgan fingerprint density at radius 2 is 1.53 bits per heavy atom. The zero-order valence-electron chi connectivity index (χ0n) is 16.7. The van der Waals surface area contributed by atoms with Crippen molar-refractivity contribution in [2.24, 2.45) is 0 Å². The van der Waals surface area contributed by atoms with E-state index in [-0.39, 0.29) is 29.5 Å². The molecule has 1 aliphatic heterocycles. The Morgan fingerprint density at radius 3 is 2.17 bits per heavy atom. The van der Waals surface area contributed by atoms with Crippen molar-refractivity contribution in [1.29, 1.82) is 0 Å². The molecule has 1 fully saturated rings. The second-order valence-corrected chi connectivity index (χ2v) is 7.30. The summed E-state index contributed by atoms with van der Waals surface area (Å²) in [7, 11) is 0. The smallest absolute Gasteiger partial charge is 0.289 e. The maximum atomic E-state index is 12.7. The Labute approximate surface area is 175 Å². The molecule has 1 amide bonds. The summed E-state index contributed by atoms with van der Waals surface area (Å²) in [4.78, 5) is 29.1. The number of carbonyl (C=O) groups is 1. The fraction of sp³-hybridized carbons (Fsp3) is 0.250. The lowest BCUT2D eigenvalue weighted by Crippen LogP contribution is -2.48. The lowest BCUT2D eigenvalue weighted by molar-refractivity contribution is 0.0594. The van der Waals surface area contributed by atoms with Gasteiger partial charge in [-0.05, 0) is 11.1 Å². The van der Waals surface area contributed by atoms with Crippen molar-refractivity contribution in [1.82, 2.24) is 9.80 Å². The summed E-state index contributed by atoms with van der Waals surface area (Å²) in [5.74, 6) is -0.118. The van der Waals surface area contributed by atoms with Gasteiger partial charge in [0.2, 0.25) is 11.2 Å². The third-order valence-corrected chi connectivity index (χ3v) is 5.15. The van der Waals surface area contributed by atoms with E-state index in [1.54, 1.807) is 4.90 Å². The largest absolute Gasteiger partial charge is 0.482 e. The summed E-state index contributed by atoms with van der Waals surface area (Å²) in [5, 5.41) is 0. The molecule has 0 saturated carbocycles. The first-order valence-corrected chi connectivity index (χ1v) is 10.0. The molecule has 0 aliphatic carbocycles. The van der Waals surface area contributed by atoms with Crippen LogP contribution in [0.2, 0.25) is 0 Å². The third kappa shape index (κ3) is 4.96. The number of hydrogen-bond acceptors (Lipinski definition) is 5. The van der Waals surface area contributed by atoms with Gasteiger partial charge in [0.05, 0.1) is 0 Å². The fourth-order valence-electron chi connectivity index (χ4n) is 3.46. The van der Waals surface area contributed by atoms with Gasteiger partial charge in [0.15, 0.2) is 5.76 Å². The lowest BCUT2D eigenvalue weighted by Gasteiger charge is -2.34. The van der Waals surface area contributed by atoms with Crippen LogP contribution < -0.4 is 10.2 Å². The Balaban J connectivity index is 1.32. The molecule has 3 aromatic rings. The Bertz CT molecular complexity index is 1030. The highest BCUT2D eigenvalue weighted by Gasteiger charge is 2.24. The first-order chi connectivity index (χ1) is 14.7. The molecule has 0 radical (unpaired) electrons.